The maximum absolute atomic E-state index is 14.3. The van der Waals surface area contributed by atoms with Crippen LogP contribution in [0.1, 0.15) is 47.1 Å². The molecule has 15 heteroatoms. The van der Waals surface area contributed by atoms with Gasteiger partial charge in [-0.2, -0.15) is 0 Å². The molecule has 47 heavy (non-hydrogen) atoms. The molecule has 0 aliphatic carbocycles. The normalized spacial score (nSPS) is 15.3. The standard InChI is InChI=1S/C32H27Cl2F3N6O4/c1-16-12-23-26(15-42(16)29(44)19-6-11-24(33)25(34)13-19)40-31(39-17(2)18-4-8-21(9-5-18)46-32(35,36)37)43(30(23)45)20-7-10-22-27(14-20)47-41-28(22)38-3/h4-11,13-14,16-17H,12,15H2,1-3H3,(H,38,41)(H,39,40)/t16-,17+/m1/s1. The predicted molar refractivity (Wildman–Crippen MR) is 172 cm³/mol. The molecule has 5 aromatic rings. The lowest BCUT2D eigenvalue weighted by molar-refractivity contribution is -0.274. The number of anilines is 2. The van der Waals surface area contributed by atoms with Gasteiger partial charge in [-0.25, -0.2) is 9.55 Å². The molecule has 10 nitrogen and oxygen atoms in total. The number of amides is 1. The topological polar surface area (TPSA) is 115 Å². The van der Waals surface area contributed by atoms with E-state index in [0.29, 0.717) is 49.9 Å². The zero-order valence-electron chi connectivity index (χ0n) is 25.2. The highest BCUT2D eigenvalue weighted by atomic mass is 35.5. The maximum atomic E-state index is 14.3. The van der Waals surface area contributed by atoms with Crippen LogP contribution in [0.2, 0.25) is 10.0 Å². The van der Waals surface area contributed by atoms with E-state index in [2.05, 4.69) is 20.5 Å². The molecule has 0 spiro atoms. The molecule has 2 atom stereocenters. The number of rotatable bonds is 7. The fourth-order valence-electron chi connectivity index (χ4n) is 5.54. The van der Waals surface area contributed by atoms with Gasteiger partial charge in [0.25, 0.3) is 11.5 Å². The molecule has 3 aromatic carbocycles. The number of halogens is 5. The van der Waals surface area contributed by atoms with Crippen LogP contribution in [0.3, 0.4) is 0 Å². The van der Waals surface area contributed by atoms with E-state index in [1.165, 1.54) is 34.9 Å². The molecular formula is C32H27Cl2F3N6O4. The monoisotopic (exact) mass is 686 g/mol. The quantitative estimate of drug-likeness (QED) is 0.182. The molecule has 0 radical (unpaired) electrons. The molecule has 244 valence electrons. The van der Waals surface area contributed by atoms with Crippen molar-refractivity contribution in [3.8, 4) is 11.4 Å². The van der Waals surface area contributed by atoms with Gasteiger partial charge in [-0.3, -0.25) is 9.59 Å². The summed E-state index contributed by atoms with van der Waals surface area (Å²) in [6.07, 6.45) is -4.58. The summed E-state index contributed by atoms with van der Waals surface area (Å²) in [5, 5.41) is 11.5. The summed E-state index contributed by atoms with van der Waals surface area (Å²) < 4.78 is 49.0. The first-order valence-electron chi connectivity index (χ1n) is 14.4. The van der Waals surface area contributed by atoms with Gasteiger partial charge in [0.05, 0.1) is 39.4 Å². The number of nitrogens with zero attached hydrogens (tertiary/aromatic N) is 4. The van der Waals surface area contributed by atoms with E-state index in [9.17, 15) is 22.8 Å². The number of fused-ring (bicyclic) bond motifs is 2. The second-order valence-corrected chi connectivity index (χ2v) is 11.9. The van der Waals surface area contributed by atoms with Crippen LogP contribution >= 0.6 is 23.2 Å². The lowest BCUT2D eigenvalue weighted by atomic mass is 9.98. The third kappa shape index (κ3) is 6.45. The van der Waals surface area contributed by atoms with Crippen LogP contribution < -0.4 is 20.9 Å². The molecule has 6 rings (SSSR count). The van der Waals surface area contributed by atoms with Gasteiger partial charge in [-0.15, -0.1) is 13.2 Å². The predicted octanol–water partition coefficient (Wildman–Crippen LogP) is 7.38. The number of hydrogen-bond donors (Lipinski definition) is 2. The minimum absolute atomic E-state index is 0.0465. The zero-order valence-corrected chi connectivity index (χ0v) is 26.7. The van der Waals surface area contributed by atoms with Gasteiger partial charge in [-0.1, -0.05) is 40.5 Å². The molecule has 0 saturated heterocycles. The summed E-state index contributed by atoms with van der Waals surface area (Å²) in [6, 6.07) is 14.3. The van der Waals surface area contributed by atoms with Crippen LogP contribution in [0.4, 0.5) is 24.9 Å². The Hall–Kier alpha value is -4.75. The van der Waals surface area contributed by atoms with Gasteiger partial charge >= 0.3 is 6.36 Å². The van der Waals surface area contributed by atoms with E-state index in [1.807, 2.05) is 6.92 Å². The second kappa shape index (κ2) is 12.5. The van der Waals surface area contributed by atoms with Crippen molar-refractivity contribution < 1.29 is 27.2 Å². The number of benzene rings is 3. The Bertz CT molecular complexity index is 2050. The second-order valence-electron chi connectivity index (χ2n) is 11.1. The van der Waals surface area contributed by atoms with Crippen LogP contribution in [0.15, 0.2) is 70.0 Å². The molecular weight excluding hydrogens is 660 g/mol. The molecule has 0 fully saturated rings. The summed E-state index contributed by atoms with van der Waals surface area (Å²) >= 11 is 12.2. The SMILES string of the molecule is CNc1noc2cc(-n3c(N[C@@H](C)c4ccc(OC(F)(F)F)cc4)nc4c(c3=O)C[C@@H](C)N(C(=O)c3ccc(Cl)c(Cl)c3)C4)ccc12. The fourth-order valence-corrected chi connectivity index (χ4v) is 5.84. The first-order valence-corrected chi connectivity index (χ1v) is 15.2. The third-order valence-corrected chi connectivity index (χ3v) is 8.69. The zero-order chi connectivity index (χ0) is 33.6. The number of nitrogens with one attached hydrogen (secondary N) is 2. The highest BCUT2D eigenvalue weighted by Crippen LogP contribution is 2.31. The Morgan fingerprint density at radius 1 is 1.09 bits per heavy atom. The molecule has 0 bridgehead atoms. The van der Waals surface area contributed by atoms with Crippen LogP contribution in [-0.4, -0.2) is 45.0 Å². The third-order valence-electron chi connectivity index (χ3n) is 7.95. The molecule has 1 aliphatic rings. The number of ether oxygens (including phenoxy) is 1. The average Bonchev–Trinajstić information content (AvgIpc) is 3.44. The molecule has 2 N–H and O–H groups in total. The smallest absolute Gasteiger partial charge is 0.406 e. The van der Waals surface area contributed by atoms with E-state index in [4.69, 9.17) is 32.7 Å². The average molecular weight is 688 g/mol. The van der Waals surface area contributed by atoms with Crippen LogP contribution in [0.5, 0.6) is 5.75 Å². The van der Waals surface area contributed by atoms with Crippen LogP contribution in [0, 0.1) is 0 Å². The van der Waals surface area contributed by atoms with Crippen LogP contribution in [-0.2, 0) is 13.0 Å². The van der Waals surface area contributed by atoms with Gasteiger partial charge in [0, 0.05) is 30.3 Å². The van der Waals surface area contributed by atoms with Crippen molar-refractivity contribution in [3.63, 3.8) is 0 Å². The van der Waals surface area contributed by atoms with E-state index in [0.717, 1.165) is 0 Å². The summed E-state index contributed by atoms with van der Waals surface area (Å²) in [4.78, 5) is 34.3. The maximum Gasteiger partial charge on any atom is 0.573 e. The van der Waals surface area contributed by atoms with Crippen molar-refractivity contribution in [1.82, 2.24) is 19.6 Å². The minimum atomic E-state index is -4.82. The number of carbonyl (C=O) groups excluding carboxylic acids is 1. The van der Waals surface area contributed by atoms with E-state index >= 15 is 0 Å². The molecule has 1 amide bonds. The highest BCUT2D eigenvalue weighted by Gasteiger charge is 2.33. The first-order chi connectivity index (χ1) is 22.3. The molecule has 0 saturated carbocycles. The van der Waals surface area contributed by atoms with E-state index in [-0.39, 0.29) is 47.2 Å². The van der Waals surface area contributed by atoms with E-state index in [1.54, 1.807) is 49.2 Å². The van der Waals surface area contributed by atoms with Crippen molar-refractivity contribution in [2.75, 3.05) is 17.7 Å². The Labute approximate surface area is 276 Å². The van der Waals surface area contributed by atoms with Crippen molar-refractivity contribution in [3.05, 3.63) is 103 Å². The highest BCUT2D eigenvalue weighted by molar-refractivity contribution is 6.42. The number of aromatic nitrogens is 3. The lowest BCUT2D eigenvalue weighted by Crippen LogP contribution is -2.46. The summed E-state index contributed by atoms with van der Waals surface area (Å²) in [5.74, 6) is 0.0290. The van der Waals surface area contributed by atoms with Gasteiger partial charge < -0.3 is 24.8 Å². The molecule has 0 unspecified atom stereocenters. The number of hydrogen-bond acceptors (Lipinski definition) is 8. The van der Waals surface area contributed by atoms with Crippen molar-refractivity contribution in [2.24, 2.45) is 0 Å². The van der Waals surface area contributed by atoms with Crippen LogP contribution in [0.25, 0.3) is 16.7 Å². The minimum Gasteiger partial charge on any atom is -0.406 e. The molecule has 2 aromatic heterocycles. The number of alkyl halides is 3. The van der Waals surface area contributed by atoms with Crippen molar-refractivity contribution >= 4 is 51.8 Å². The number of carbonyl (C=O) groups is 1. The Morgan fingerprint density at radius 3 is 2.51 bits per heavy atom. The van der Waals surface area contributed by atoms with Gasteiger partial charge in [0.15, 0.2) is 11.4 Å². The summed E-state index contributed by atoms with van der Waals surface area (Å²) in [5.41, 5.74) is 2.32. The van der Waals surface area contributed by atoms with Crippen molar-refractivity contribution in [1.29, 1.82) is 0 Å². The summed E-state index contributed by atoms with van der Waals surface area (Å²) in [6.45, 7) is 3.67. The lowest BCUT2D eigenvalue weighted by Gasteiger charge is -2.35. The van der Waals surface area contributed by atoms with Crippen molar-refractivity contribution in [2.45, 2.75) is 45.3 Å². The Morgan fingerprint density at radius 2 is 1.83 bits per heavy atom. The van der Waals surface area contributed by atoms with Gasteiger partial charge in [0.1, 0.15) is 5.75 Å². The van der Waals surface area contributed by atoms with Gasteiger partial charge in [-0.05, 0) is 68.3 Å². The fraction of sp³-hybridized carbons (Fsp3) is 0.250. The Balaban J connectivity index is 1.40. The molecule has 3 heterocycles. The van der Waals surface area contributed by atoms with E-state index < -0.39 is 12.4 Å². The summed E-state index contributed by atoms with van der Waals surface area (Å²) in [7, 11) is 1.71. The largest absolute Gasteiger partial charge is 0.573 e. The Kier molecular flexibility index (Phi) is 8.53. The van der Waals surface area contributed by atoms with Gasteiger partial charge in [0.2, 0.25) is 5.95 Å². The molecule has 1 aliphatic heterocycles. The first kappa shape index (κ1) is 32.2.